The van der Waals surface area contributed by atoms with E-state index in [0.717, 1.165) is 17.5 Å². The van der Waals surface area contributed by atoms with E-state index in [2.05, 4.69) is 24.9 Å². The van der Waals surface area contributed by atoms with Gasteiger partial charge in [0.15, 0.2) is 0 Å². The van der Waals surface area contributed by atoms with Crippen molar-refractivity contribution >= 4 is 10.9 Å². The summed E-state index contributed by atoms with van der Waals surface area (Å²) in [5, 5.41) is 0.890. The van der Waals surface area contributed by atoms with Gasteiger partial charge in [0.1, 0.15) is 11.3 Å². The minimum absolute atomic E-state index is 0.239. The Balaban J connectivity index is 2.58. The summed E-state index contributed by atoms with van der Waals surface area (Å²) in [6.45, 7) is 6.30. The molecule has 0 aliphatic heterocycles. The Labute approximate surface area is 95.3 Å². The van der Waals surface area contributed by atoms with Gasteiger partial charge in [0, 0.05) is 11.1 Å². The molecule has 84 valence electrons. The van der Waals surface area contributed by atoms with Crippen molar-refractivity contribution in [3.63, 3.8) is 0 Å². The predicted octanol–water partition coefficient (Wildman–Crippen LogP) is 3.88. The minimum Gasteiger partial charge on any atom is -0.250 e. The molecule has 1 nitrogen and oxygen atoms in total. The van der Waals surface area contributed by atoms with Gasteiger partial charge in [-0.15, -0.1) is 0 Å². The normalized spacial score (nSPS) is 11.3. The standard InChI is InChI=1S/C14H16FN/c1-9(2)7-12-8-11-5-4-6-13(15)14(11)16-10(12)3/h4-6,8-9H,7H2,1-3H3. The first-order valence-corrected chi connectivity index (χ1v) is 5.62. The summed E-state index contributed by atoms with van der Waals surface area (Å²) in [5.74, 6) is 0.350. The van der Waals surface area contributed by atoms with E-state index >= 15 is 0 Å². The number of rotatable bonds is 2. The molecule has 0 aliphatic rings. The van der Waals surface area contributed by atoms with Gasteiger partial charge in [0.25, 0.3) is 0 Å². The molecule has 0 amide bonds. The quantitative estimate of drug-likeness (QED) is 0.743. The lowest BCUT2D eigenvalue weighted by Crippen LogP contribution is -2.00. The molecule has 2 rings (SSSR count). The van der Waals surface area contributed by atoms with Crippen molar-refractivity contribution in [3.8, 4) is 0 Å². The highest BCUT2D eigenvalue weighted by molar-refractivity contribution is 5.80. The van der Waals surface area contributed by atoms with Crippen molar-refractivity contribution < 1.29 is 4.39 Å². The summed E-state index contributed by atoms with van der Waals surface area (Å²) in [7, 11) is 0. The van der Waals surface area contributed by atoms with Crippen LogP contribution in [0.15, 0.2) is 24.3 Å². The molecule has 16 heavy (non-hydrogen) atoms. The topological polar surface area (TPSA) is 12.9 Å². The second kappa shape index (κ2) is 4.20. The molecule has 0 spiro atoms. The molecule has 0 fully saturated rings. The summed E-state index contributed by atoms with van der Waals surface area (Å²) >= 11 is 0. The average molecular weight is 217 g/mol. The number of aromatic nitrogens is 1. The van der Waals surface area contributed by atoms with Crippen LogP contribution in [0.25, 0.3) is 10.9 Å². The van der Waals surface area contributed by atoms with Crippen molar-refractivity contribution in [1.29, 1.82) is 0 Å². The fourth-order valence-corrected chi connectivity index (χ4v) is 1.94. The van der Waals surface area contributed by atoms with Gasteiger partial charge in [-0.3, -0.25) is 0 Å². The smallest absolute Gasteiger partial charge is 0.149 e. The molecular weight excluding hydrogens is 201 g/mol. The number of fused-ring (bicyclic) bond motifs is 1. The summed E-state index contributed by atoms with van der Waals surface area (Å²) in [4.78, 5) is 4.35. The van der Waals surface area contributed by atoms with E-state index in [-0.39, 0.29) is 5.82 Å². The highest BCUT2D eigenvalue weighted by Gasteiger charge is 2.07. The maximum absolute atomic E-state index is 13.5. The number of halogens is 1. The molecule has 0 radical (unpaired) electrons. The van der Waals surface area contributed by atoms with Gasteiger partial charge in [0.2, 0.25) is 0 Å². The van der Waals surface area contributed by atoms with Gasteiger partial charge >= 0.3 is 0 Å². The molecule has 0 N–H and O–H groups in total. The van der Waals surface area contributed by atoms with Gasteiger partial charge in [-0.25, -0.2) is 9.37 Å². The Kier molecular flexibility index (Phi) is 2.90. The van der Waals surface area contributed by atoms with Crippen LogP contribution in [0.2, 0.25) is 0 Å². The van der Waals surface area contributed by atoms with E-state index in [4.69, 9.17) is 0 Å². The van der Waals surface area contributed by atoms with Gasteiger partial charge in [-0.2, -0.15) is 0 Å². The van der Waals surface area contributed by atoms with Crippen LogP contribution in [0, 0.1) is 18.7 Å². The first-order valence-electron chi connectivity index (χ1n) is 5.62. The molecule has 0 saturated heterocycles. The average Bonchev–Trinajstić information content (AvgIpc) is 2.20. The van der Waals surface area contributed by atoms with Crippen LogP contribution in [0.1, 0.15) is 25.1 Å². The number of benzene rings is 1. The third-order valence-corrected chi connectivity index (χ3v) is 2.72. The van der Waals surface area contributed by atoms with Gasteiger partial charge in [-0.1, -0.05) is 26.0 Å². The monoisotopic (exact) mass is 217 g/mol. The lowest BCUT2D eigenvalue weighted by Gasteiger charge is -2.09. The molecule has 0 aliphatic carbocycles. The van der Waals surface area contributed by atoms with Crippen LogP contribution >= 0.6 is 0 Å². The highest BCUT2D eigenvalue weighted by atomic mass is 19.1. The van der Waals surface area contributed by atoms with Crippen LogP contribution in [-0.4, -0.2) is 4.98 Å². The molecule has 0 bridgehead atoms. The van der Waals surface area contributed by atoms with Gasteiger partial charge in [0.05, 0.1) is 0 Å². The molecule has 2 aromatic rings. The SMILES string of the molecule is Cc1nc2c(F)cccc2cc1CC(C)C. The third kappa shape index (κ3) is 2.06. The predicted molar refractivity (Wildman–Crippen MR) is 65.0 cm³/mol. The van der Waals surface area contributed by atoms with Crippen molar-refractivity contribution in [2.45, 2.75) is 27.2 Å². The Morgan fingerprint density at radius 1 is 1.31 bits per heavy atom. The first kappa shape index (κ1) is 11.1. The lowest BCUT2D eigenvalue weighted by molar-refractivity contribution is 0.633. The number of aryl methyl sites for hydroxylation is 1. The van der Waals surface area contributed by atoms with E-state index in [1.54, 1.807) is 6.07 Å². The van der Waals surface area contributed by atoms with E-state index in [1.807, 2.05) is 13.0 Å². The second-order valence-electron chi connectivity index (χ2n) is 4.64. The molecule has 1 aromatic carbocycles. The summed E-state index contributed by atoms with van der Waals surface area (Å²) in [6, 6.07) is 7.15. The summed E-state index contributed by atoms with van der Waals surface area (Å²) < 4.78 is 13.5. The van der Waals surface area contributed by atoms with E-state index < -0.39 is 0 Å². The van der Waals surface area contributed by atoms with Crippen molar-refractivity contribution in [2.75, 3.05) is 0 Å². The Bertz CT molecular complexity index is 517. The molecule has 0 unspecified atom stereocenters. The molecule has 1 heterocycles. The highest BCUT2D eigenvalue weighted by Crippen LogP contribution is 2.20. The van der Waals surface area contributed by atoms with E-state index in [1.165, 1.54) is 11.6 Å². The lowest BCUT2D eigenvalue weighted by atomic mass is 10.00. The fraction of sp³-hybridized carbons (Fsp3) is 0.357. The number of para-hydroxylation sites is 1. The second-order valence-corrected chi connectivity index (χ2v) is 4.64. The summed E-state index contributed by atoms with van der Waals surface area (Å²) in [5.41, 5.74) is 2.63. The molecule has 1 aromatic heterocycles. The van der Waals surface area contributed by atoms with Crippen LogP contribution < -0.4 is 0 Å². The van der Waals surface area contributed by atoms with Crippen LogP contribution in [0.3, 0.4) is 0 Å². The molecule has 2 heteroatoms. The zero-order chi connectivity index (χ0) is 11.7. The van der Waals surface area contributed by atoms with Gasteiger partial charge < -0.3 is 0 Å². The fourth-order valence-electron chi connectivity index (χ4n) is 1.94. The molecule has 0 saturated carbocycles. The molecule has 0 atom stereocenters. The van der Waals surface area contributed by atoms with E-state index in [0.29, 0.717) is 11.4 Å². The van der Waals surface area contributed by atoms with E-state index in [9.17, 15) is 4.39 Å². The maximum atomic E-state index is 13.5. The largest absolute Gasteiger partial charge is 0.250 e. The summed E-state index contributed by atoms with van der Waals surface area (Å²) in [6.07, 6.45) is 0.991. The van der Waals surface area contributed by atoms with Crippen molar-refractivity contribution in [3.05, 3.63) is 41.3 Å². The van der Waals surface area contributed by atoms with Crippen LogP contribution in [0.5, 0.6) is 0 Å². The first-order chi connectivity index (χ1) is 7.58. The third-order valence-electron chi connectivity index (χ3n) is 2.72. The Hall–Kier alpha value is -1.44. The number of pyridine rings is 1. The van der Waals surface area contributed by atoms with Crippen LogP contribution in [0.4, 0.5) is 4.39 Å². The molecular formula is C14H16FN. The van der Waals surface area contributed by atoms with Gasteiger partial charge in [-0.05, 0) is 37.0 Å². The van der Waals surface area contributed by atoms with Crippen molar-refractivity contribution in [2.24, 2.45) is 5.92 Å². The number of hydrogen-bond acceptors (Lipinski definition) is 1. The zero-order valence-electron chi connectivity index (χ0n) is 9.92. The zero-order valence-corrected chi connectivity index (χ0v) is 9.92. The number of nitrogens with zero attached hydrogens (tertiary/aromatic N) is 1. The Morgan fingerprint density at radius 3 is 2.75 bits per heavy atom. The van der Waals surface area contributed by atoms with Crippen molar-refractivity contribution in [1.82, 2.24) is 4.98 Å². The minimum atomic E-state index is -0.239. The number of hydrogen-bond donors (Lipinski definition) is 0. The van der Waals surface area contributed by atoms with Crippen LogP contribution in [-0.2, 0) is 6.42 Å². The Morgan fingerprint density at radius 2 is 2.06 bits per heavy atom. The maximum Gasteiger partial charge on any atom is 0.149 e.